The molecule has 0 N–H and O–H groups in total. The molecular formula is C12H9ClO4S3. The number of hydrogen-bond acceptors (Lipinski definition) is 5. The van der Waals surface area contributed by atoms with Crippen molar-refractivity contribution in [2.24, 2.45) is 0 Å². The quantitative estimate of drug-likeness (QED) is 0.620. The fourth-order valence-corrected chi connectivity index (χ4v) is 3.53. The molecular weight excluding hydrogens is 340 g/mol. The van der Waals surface area contributed by atoms with Gasteiger partial charge in [0.05, 0.1) is 9.76 Å². The first-order valence-electron chi connectivity index (χ1n) is 5.42. The summed E-state index contributed by atoms with van der Waals surface area (Å²) in [6.45, 7) is 0. The highest BCUT2D eigenvalue weighted by molar-refractivity contribution is 8.13. The lowest BCUT2D eigenvalue weighted by Gasteiger charge is -2.07. The summed E-state index contributed by atoms with van der Waals surface area (Å²) >= 11 is 1.42. The Labute approximate surface area is 127 Å². The summed E-state index contributed by atoms with van der Waals surface area (Å²) in [5.74, 6) is 0. The molecule has 1 aromatic carbocycles. The van der Waals surface area contributed by atoms with E-state index in [1.807, 2.05) is 6.08 Å². The molecule has 0 aliphatic heterocycles. The predicted octanol–water partition coefficient (Wildman–Crippen LogP) is 2.60. The van der Waals surface area contributed by atoms with Crippen molar-refractivity contribution in [1.82, 2.24) is 0 Å². The van der Waals surface area contributed by atoms with E-state index >= 15 is 0 Å². The SMILES string of the molecule is O=S(=O)=C1C=CC(Sc2ccc(S(=O)(=O)Cl)cc2)=CC1. The second kappa shape index (κ2) is 6.17. The van der Waals surface area contributed by atoms with E-state index in [0.29, 0.717) is 11.3 Å². The van der Waals surface area contributed by atoms with Gasteiger partial charge in [0.1, 0.15) is 0 Å². The summed E-state index contributed by atoms with van der Waals surface area (Å²) in [6, 6.07) is 6.17. The highest BCUT2D eigenvalue weighted by Crippen LogP contribution is 2.30. The molecule has 2 rings (SSSR count). The van der Waals surface area contributed by atoms with Crippen molar-refractivity contribution in [3.63, 3.8) is 0 Å². The monoisotopic (exact) mass is 348 g/mol. The van der Waals surface area contributed by atoms with Gasteiger partial charge in [-0.25, -0.2) is 8.42 Å². The zero-order valence-corrected chi connectivity index (χ0v) is 13.2. The summed E-state index contributed by atoms with van der Waals surface area (Å²) in [4.78, 5) is 2.14. The standard InChI is InChI=1S/C12H9ClO4S3/c13-20(16,17)12-7-3-10(4-8-12)18-9-1-5-11(6-2-9)19(14)15/h1-5,7-8H,6H2. The minimum Gasteiger partial charge on any atom is -0.207 e. The van der Waals surface area contributed by atoms with Crippen LogP contribution in [0.2, 0.25) is 0 Å². The Bertz CT molecular complexity index is 808. The van der Waals surface area contributed by atoms with Gasteiger partial charge >= 0.3 is 0 Å². The number of thioether (sulfide) groups is 1. The second-order valence-electron chi connectivity index (χ2n) is 3.86. The molecule has 106 valence electrons. The van der Waals surface area contributed by atoms with E-state index in [2.05, 4.69) is 0 Å². The van der Waals surface area contributed by atoms with Gasteiger partial charge in [-0.1, -0.05) is 17.8 Å². The highest BCUT2D eigenvalue weighted by atomic mass is 35.7. The molecule has 1 aliphatic rings. The molecule has 0 fully saturated rings. The largest absolute Gasteiger partial charge is 0.261 e. The van der Waals surface area contributed by atoms with Crippen LogP contribution in [0.1, 0.15) is 6.42 Å². The van der Waals surface area contributed by atoms with E-state index in [9.17, 15) is 16.8 Å². The van der Waals surface area contributed by atoms with Crippen LogP contribution in [0.15, 0.2) is 57.2 Å². The van der Waals surface area contributed by atoms with Crippen molar-refractivity contribution < 1.29 is 16.8 Å². The Kier molecular flexibility index (Phi) is 4.74. The Hall–Kier alpha value is -1.02. The topological polar surface area (TPSA) is 68.3 Å². The molecule has 1 aromatic rings. The van der Waals surface area contributed by atoms with Crippen molar-refractivity contribution in [3.8, 4) is 0 Å². The van der Waals surface area contributed by atoms with E-state index < -0.39 is 19.3 Å². The first-order valence-corrected chi connectivity index (χ1v) is 9.62. The average molecular weight is 349 g/mol. The fraction of sp³-hybridized carbons (Fsp3) is 0.0833. The van der Waals surface area contributed by atoms with Crippen LogP contribution in [-0.2, 0) is 19.3 Å². The summed E-state index contributed by atoms with van der Waals surface area (Å²) in [6.07, 6.45) is 5.44. The number of hydrogen-bond donors (Lipinski definition) is 0. The molecule has 0 unspecified atom stereocenters. The smallest absolute Gasteiger partial charge is 0.207 e. The molecule has 0 saturated heterocycles. The molecule has 0 bridgehead atoms. The molecule has 0 aromatic heterocycles. The van der Waals surface area contributed by atoms with Gasteiger partial charge in [0.25, 0.3) is 9.05 Å². The molecule has 0 atom stereocenters. The van der Waals surface area contributed by atoms with Gasteiger partial charge in [0.15, 0.2) is 0 Å². The van der Waals surface area contributed by atoms with Crippen molar-refractivity contribution in [2.45, 2.75) is 16.2 Å². The summed E-state index contributed by atoms with van der Waals surface area (Å²) in [5, 5.41) is 0. The number of halogens is 1. The van der Waals surface area contributed by atoms with E-state index in [0.717, 1.165) is 9.80 Å². The van der Waals surface area contributed by atoms with Gasteiger partial charge in [0, 0.05) is 26.9 Å². The molecule has 20 heavy (non-hydrogen) atoms. The van der Waals surface area contributed by atoms with Crippen molar-refractivity contribution in [1.29, 1.82) is 0 Å². The molecule has 1 aliphatic carbocycles. The number of allylic oxidation sites excluding steroid dienone is 3. The van der Waals surface area contributed by atoms with Gasteiger partial charge in [-0.2, -0.15) is 8.42 Å². The van der Waals surface area contributed by atoms with Crippen LogP contribution in [0.5, 0.6) is 0 Å². The van der Waals surface area contributed by atoms with Gasteiger partial charge < -0.3 is 0 Å². The van der Waals surface area contributed by atoms with E-state index in [-0.39, 0.29) is 4.90 Å². The number of benzene rings is 1. The molecule has 0 amide bonds. The van der Waals surface area contributed by atoms with Gasteiger partial charge in [0.2, 0.25) is 10.3 Å². The van der Waals surface area contributed by atoms with Crippen LogP contribution < -0.4 is 0 Å². The van der Waals surface area contributed by atoms with Crippen molar-refractivity contribution >= 4 is 46.7 Å². The first kappa shape index (κ1) is 15.4. The van der Waals surface area contributed by atoms with Crippen LogP contribution in [0.3, 0.4) is 0 Å². The molecule has 8 heteroatoms. The molecule has 0 saturated carbocycles. The zero-order chi connectivity index (χ0) is 14.8. The highest BCUT2D eigenvalue weighted by Gasteiger charge is 2.10. The maximum absolute atomic E-state index is 11.1. The van der Waals surface area contributed by atoms with Crippen LogP contribution >= 0.6 is 22.4 Å². The molecule has 0 radical (unpaired) electrons. The van der Waals surface area contributed by atoms with E-state index in [4.69, 9.17) is 10.7 Å². The lowest BCUT2D eigenvalue weighted by Crippen LogP contribution is -1.97. The lowest BCUT2D eigenvalue weighted by molar-refractivity contribution is 0.609. The van der Waals surface area contributed by atoms with Gasteiger partial charge in [-0.15, -0.1) is 0 Å². The van der Waals surface area contributed by atoms with Gasteiger partial charge in [-0.3, -0.25) is 0 Å². The summed E-state index contributed by atoms with van der Waals surface area (Å²) in [5.41, 5.74) is 0. The van der Waals surface area contributed by atoms with E-state index in [1.54, 1.807) is 24.3 Å². The van der Waals surface area contributed by atoms with Crippen molar-refractivity contribution in [2.75, 3.05) is 0 Å². The second-order valence-corrected chi connectivity index (χ2v) is 8.56. The molecule has 0 heterocycles. The number of rotatable bonds is 3. The maximum atomic E-state index is 11.1. The minimum atomic E-state index is -3.71. The first-order chi connectivity index (χ1) is 9.36. The maximum Gasteiger partial charge on any atom is 0.261 e. The average Bonchev–Trinajstić information content (AvgIpc) is 2.39. The Morgan fingerprint density at radius 2 is 1.75 bits per heavy atom. The van der Waals surface area contributed by atoms with Gasteiger partial charge in [-0.05, 0) is 36.4 Å². The molecule has 4 nitrogen and oxygen atoms in total. The predicted molar refractivity (Wildman–Crippen MR) is 81.1 cm³/mol. The van der Waals surface area contributed by atoms with Crippen LogP contribution in [0.25, 0.3) is 0 Å². The van der Waals surface area contributed by atoms with Crippen LogP contribution in [0, 0.1) is 0 Å². The third-order valence-corrected chi connectivity index (χ3v) is 5.64. The third-order valence-electron chi connectivity index (χ3n) is 2.49. The Balaban J connectivity index is 2.13. The third kappa shape index (κ3) is 3.99. The van der Waals surface area contributed by atoms with Crippen LogP contribution in [-0.4, -0.2) is 21.7 Å². The Morgan fingerprint density at radius 1 is 1.10 bits per heavy atom. The zero-order valence-electron chi connectivity index (χ0n) is 9.98. The summed E-state index contributed by atoms with van der Waals surface area (Å²) < 4.78 is 43.7. The van der Waals surface area contributed by atoms with Crippen LogP contribution in [0.4, 0.5) is 0 Å². The van der Waals surface area contributed by atoms with Crippen molar-refractivity contribution in [3.05, 3.63) is 47.4 Å². The Morgan fingerprint density at radius 3 is 2.20 bits per heavy atom. The van der Waals surface area contributed by atoms with E-state index in [1.165, 1.54) is 23.9 Å². The normalized spacial score (nSPS) is 15.1. The lowest BCUT2D eigenvalue weighted by atomic mass is 10.2. The summed E-state index contributed by atoms with van der Waals surface area (Å²) in [7, 11) is -0.659. The molecule has 0 spiro atoms. The fourth-order valence-electron chi connectivity index (χ4n) is 1.52. The minimum absolute atomic E-state index is 0.0500.